The van der Waals surface area contributed by atoms with Gasteiger partial charge in [0.15, 0.2) is 5.96 Å². The molecule has 15 nitrogen and oxygen atoms in total. The first-order chi connectivity index (χ1) is 18.3. The maximum absolute atomic E-state index is 13.2. The molecule has 0 saturated heterocycles. The minimum Gasteiger partial charge on any atom is -0.481 e. The molecular weight excluding hydrogens is 510 g/mol. The molecule has 0 fully saturated rings. The third-order valence-corrected chi connectivity index (χ3v) is 5.38. The van der Waals surface area contributed by atoms with Crippen LogP contribution in [0.1, 0.15) is 30.4 Å². The Labute approximate surface area is 225 Å². The van der Waals surface area contributed by atoms with E-state index < -0.39 is 54.0 Å². The molecule has 39 heavy (non-hydrogen) atoms. The van der Waals surface area contributed by atoms with E-state index in [1.807, 2.05) is 0 Å². The van der Waals surface area contributed by atoms with Gasteiger partial charge in [0.2, 0.25) is 23.6 Å². The number of carbonyl (C=O) groups excluding carboxylic acids is 4. The fourth-order valence-corrected chi connectivity index (χ4v) is 3.37. The molecule has 1 unspecified atom stereocenters. The molecule has 0 aromatic heterocycles. The van der Waals surface area contributed by atoms with Crippen LogP contribution in [-0.4, -0.2) is 71.7 Å². The van der Waals surface area contributed by atoms with Crippen molar-refractivity contribution in [1.29, 1.82) is 5.41 Å². The van der Waals surface area contributed by atoms with Crippen molar-refractivity contribution in [2.24, 2.45) is 33.8 Å². The Balaban J connectivity index is 3.10. The van der Waals surface area contributed by atoms with Crippen molar-refractivity contribution in [1.82, 2.24) is 16.0 Å². The molecule has 4 amide bonds. The summed E-state index contributed by atoms with van der Waals surface area (Å²) in [5.41, 5.74) is 22.3. The van der Waals surface area contributed by atoms with Gasteiger partial charge in [-0.2, -0.15) is 0 Å². The van der Waals surface area contributed by atoms with E-state index in [0.717, 1.165) is 0 Å². The first kappa shape index (κ1) is 32.1. The van der Waals surface area contributed by atoms with E-state index in [2.05, 4.69) is 27.5 Å². The minimum atomic E-state index is -1.62. The van der Waals surface area contributed by atoms with Crippen molar-refractivity contribution >= 4 is 41.4 Å². The number of rotatable bonds is 17. The summed E-state index contributed by atoms with van der Waals surface area (Å²) in [7, 11) is 0. The van der Waals surface area contributed by atoms with Crippen LogP contribution < -0.4 is 38.9 Å². The first-order valence-electron chi connectivity index (χ1n) is 11.8. The third-order valence-electron chi connectivity index (χ3n) is 5.38. The lowest BCUT2D eigenvalue weighted by Gasteiger charge is -2.23. The zero-order chi connectivity index (χ0) is 29.5. The predicted molar refractivity (Wildman–Crippen MR) is 143 cm³/mol. The van der Waals surface area contributed by atoms with Crippen molar-refractivity contribution < 1.29 is 29.1 Å². The highest BCUT2D eigenvalue weighted by Crippen LogP contribution is 2.13. The van der Waals surface area contributed by atoms with Crippen molar-refractivity contribution in [2.45, 2.75) is 37.8 Å². The molecule has 0 radical (unpaired) electrons. The summed E-state index contributed by atoms with van der Waals surface area (Å²) in [5, 5.41) is 23.9. The van der Waals surface area contributed by atoms with Crippen LogP contribution in [0, 0.1) is 11.3 Å². The lowest BCUT2D eigenvalue weighted by Crippen LogP contribution is -2.55. The van der Waals surface area contributed by atoms with Crippen molar-refractivity contribution in [3.8, 4) is 0 Å². The van der Waals surface area contributed by atoms with Crippen molar-refractivity contribution in [3.63, 3.8) is 0 Å². The number of primary amides is 1. The van der Waals surface area contributed by atoms with Gasteiger partial charge in [0.05, 0.1) is 6.42 Å². The number of aliphatic carboxylic acids is 1. The number of hydrogen-bond donors (Lipinski definition) is 9. The van der Waals surface area contributed by atoms with Gasteiger partial charge < -0.3 is 44.0 Å². The standard InChI is InChI=1S/C24H35N9O6/c1-2-9-30-21(37)15(11-13-5-7-14(8-6-13)19(25)26)22(38)33-17(12-18(34)35)23(39)32-16(20(27)36)4-3-10-31-24(28)29/h2,5-8,15-17H,1,3-4,9-12H2,(H3,25,26)(H2,27,36)(H,30,37)(H,32,39)(H,33,38)(H,34,35)(H4,28,29,31)/t15?,16-,17-/m0/s1. The van der Waals surface area contributed by atoms with Crippen LogP contribution in [0.4, 0.5) is 0 Å². The number of amidine groups is 1. The van der Waals surface area contributed by atoms with Crippen LogP contribution in [0.15, 0.2) is 41.9 Å². The zero-order valence-corrected chi connectivity index (χ0v) is 21.3. The second kappa shape index (κ2) is 16.0. The summed E-state index contributed by atoms with van der Waals surface area (Å²) in [6, 6.07) is 3.45. The topological polar surface area (TPSA) is 282 Å². The van der Waals surface area contributed by atoms with Gasteiger partial charge in [-0.3, -0.25) is 34.4 Å². The highest BCUT2D eigenvalue weighted by atomic mass is 16.4. The fourth-order valence-electron chi connectivity index (χ4n) is 3.37. The Morgan fingerprint density at radius 1 is 0.974 bits per heavy atom. The number of nitrogens with zero attached hydrogens (tertiary/aromatic N) is 1. The number of nitrogen functional groups attached to an aromatic ring is 1. The molecule has 0 saturated carbocycles. The summed E-state index contributed by atoms with van der Waals surface area (Å²) in [6.07, 6.45) is 0.797. The smallest absolute Gasteiger partial charge is 0.305 e. The highest BCUT2D eigenvalue weighted by Gasteiger charge is 2.33. The normalized spacial score (nSPS) is 12.6. The molecular formula is C24H35N9O6. The largest absolute Gasteiger partial charge is 0.481 e. The van der Waals surface area contributed by atoms with Gasteiger partial charge in [-0.15, -0.1) is 6.58 Å². The number of carboxylic acids is 1. The Morgan fingerprint density at radius 2 is 1.59 bits per heavy atom. The van der Waals surface area contributed by atoms with E-state index in [9.17, 15) is 29.1 Å². The lowest BCUT2D eigenvalue weighted by molar-refractivity contribution is -0.142. The van der Waals surface area contributed by atoms with E-state index in [0.29, 0.717) is 11.1 Å². The molecule has 0 spiro atoms. The summed E-state index contributed by atoms with van der Waals surface area (Å²) < 4.78 is 0. The second-order valence-electron chi connectivity index (χ2n) is 8.47. The average Bonchev–Trinajstić information content (AvgIpc) is 2.86. The van der Waals surface area contributed by atoms with Crippen LogP contribution in [0.25, 0.3) is 0 Å². The SMILES string of the molecule is C=CCNC(=O)C(Cc1ccc(C(=N)N)cc1)C(=O)N[C@@H](CC(=O)O)C(=O)N[C@@H](CCCN=C(N)N)C(N)=O. The molecule has 0 aliphatic heterocycles. The number of carbonyl (C=O) groups is 5. The minimum absolute atomic E-state index is 0.0500. The van der Waals surface area contributed by atoms with Gasteiger partial charge >= 0.3 is 5.97 Å². The Kier molecular flexibility index (Phi) is 13.2. The number of benzene rings is 1. The number of amides is 4. The van der Waals surface area contributed by atoms with Gasteiger partial charge in [0.1, 0.15) is 23.8 Å². The van der Waals surface area contributed by atoms with E-state index >= 15 is 0 Å². The van der Waals surface area contributed by atoms with Crippen LogP contribution in [0.3, 0.4) is 0 Å². The molecule has 212 valence electrons. The molecule has 13 N–H and O–H groups in total. The highest BCUT2D eigenvalue weighted by molar-refractivity contribution is 6.03. The quantitative estimate of drug-likeness (QED) is 0.0326. The third kappa shape index (κ3) is 11.8. The zero-order valence-electron chi connectivity index (χ0n) is 21.3. The Bertz CT molecular complexity index is 1100. The van der Waals surface area contributed by atoms with Crippen LogP contribution >= 0.6 is 0 Å². The first-order valence-corrected chi connectivity index (χ1v) is 11.8. The van der Waals surface area contributed by atoms with E-state index in [1.54, 1.807) is 24.3 Å². The molecule has 0 bridgehead atoms. The average molecular weight is 546 g/mol. The molecule has 1 aromatic rings. The van der Waals surface area contributed by atoms with Gasteiger partial charge in [-0.25, -0.2) is 0 Å². The van der Waals surface area contributed by atoms with Gasteiger partial charge in [0, 0.05) is 18.7 Å². The predicted octanol–water partition coefficient (Wildman–Crippen LogP) is -2.59. The van der Waals surface area contributed by atoms with E-state index in [1.165, 1.54) is 6.08 Å². The van der Waals surface area contributed by atoms with Crippen LogP contribution in [-0.2, 0) is 30.4 Å². The Hall–Kier alpha value is -4.95. The van der Waals surface area contributed by atoms with Gasteiger partial charge in [-0.05, 0) is 24.8 Å². The van der Waals surface area contributed by atoms with E-state index in [4.69, 9.17) is 28.3 Å². The van der Waals surface area contributed by atoms with Gasteiger partial charge in [-0.1, -0.05) is 30.3 Å². The molecule has 3 atom stereocenters. The molecule has 1 aromatic carbocycles. The molecule has 0 aliphatic carbocycles. The number of aliphatic imine (C=N–C) groups is 1. The van der Waals surface area contributed by atoms with Crippen LogP contribution in [0.5, 0.6) is 0 Å². The lowest BCUT2D eigenvalue weighted by atomic mass is 9.96. The van der Waals surface area contributed by atoms with Crippen molar-refractivity contribution in [3.05, 3.63) is 48.0 Å². The maximum Gasteiger partial charge on any atom is 0.305 e. The molecule has 0 heterocycles. The van der Waals surface area contributed by atoms with Crippen LogP contribution in [0.2, 0.25) is 0 Å². The molecule has 1 rings (SSSR count). The fraction of sp³-hybridized carbons (Fsp3) is 0.375. The number of nitrogens with one attached hydrogen (secondary N) is 4. The molecule has 15 heteroatoms. The molecule has 0 aliphatic rings. The number of carboxylic acid groups (broad SMARTS) is 1. The maximum atomic E-state index is 13.2. The second-order valence-corrected chi connectivity index (χ2v) is 8.47. The van der Waals surface area contributed by atoms with Crippen molar-refractivity contribution in [2.75, 3.05) is 13.1 Å². The summed E-state index contributed by atoms with van der Waals surface area (Å²) >= 11 is 0. The summed E-state index contributed by atoms with van der Waals surface area (Å²) in [6.45, 7) is 3.73. The monoisotopic (exact) mass is 545 g/mol. The number of nitrogens with two attached hydrogens (primary N) is 4. The number of guanidine groups is 1. The Morgan fingerprint density at radius 3 is 2.10 bits per heavy atom. The summed E-state index contributed by atoms with van der Waals surface area (Å²) in [4.78, 5) is 65.9. The van der Waals surface area contributed by atoms with E-state index in [-0.39, 0.29) is 44.1 Å². The van der Waals surface area contributed by atoms with Gasteiger partial charge in [0.25, 0.3) is 0 Å². The summed E-state index contributed by atoms with van der Waals surface area (Å²) in [5.74, 6) is -6.55. The number of hydrogen-bond acceptors (Lipinski definition) is 7.